The van der Waals surface area contributed by atoms with E-state index in [0.29, 0.717) is 28.8 Å². The monoisotopic (exact) mass is 452 g/mol. The molecule has 1 aliphatic carbocycles. The molecule has 32 heavy (non-hydrogen) atoms. The van der Waals surface area contributed by atoms with Gasteiger partial charge in [0, 0.05) is 10.6 Å². The van der Waals surface area contributed by atoms with Gasteiger partial charge < -0.3 is 15.4 Å². The van der Waals surface area contributed by atoms with Crippen LogP contribution in [0, 0.1) is 11.7 Å². The highest BCUT2D eigenvalue weighted by Gasteiger charge is 2.29. The quantitative estimate of drug-likeness (QED) is 0.488. The number of anilines is 2. The van der Waals surface area contributed by atoms with Crippen LogP contribution < -0.4 is 15.4 Å². The number of carbonyl (C=O) groups excluding carboxylic acids is 2. The summed E-state index contributed by atoms with van der Waals surface area (Å²) in [5.74, 6) is -0.209. The van der Waals surface area contributed by atoms with E-state index in [1.54, 1.807) is 30.3 Å². The standard InChI is InChI=1S/C25H25FN2O3S/c1-3-31-17-11-9-16(10-12-17)27-24(30)22-19-13-8-15(2)14-21(19)32-25(22)28-23(29)18-6-4-5-7-20(18)26/h4-7,9-12,15H,3,8,13-14H2,1-2H3,(H,27,30)(H,28,29)/t15-/m1/s1. The first kappa shape index (κ1) is 22.0. The van der Waals surface area contributed by atoms with Gasteiger partial charge in [-0.3, -0.25) is 9.59 Å². The Kier molecular flexibility index (Phi) is 6.55. The zero-order valence-corrected chi connectivity index (χ0v) is 18.9. The highest BCUT2D eigenvalue weighted by molar-refractivity contribution is 7.17. The molecular formula is C25H25FN2O3S. The van der Waals surface area contributed by atoms with Crippen LogP contribution in [0.5, 0.6) is 5.75 Å². The van der Waals surface area contributed by atoms with Gasteiger partial charge in [-0.05, 0) is 74.1 Å². The van der Waals surface area contributed by atoms with Gasteiger partial charge in [0.15, 0.2) is 0 Å². The third kappa shape index (κ3) is 4.67. The first-order valence-corrected chi connectivity index (χ1v) is 11.5. The van der Waals surface area contributed by atoms with Gasteiger partial charge in [0.1, 0.15) is 16.6 Å². The third-order valence-electron chi connectivity index (χ3n) is 5.51. The van der Waals surface area contributed by atoms with Crippen LogP contribution in [-0.2, 0) is 12.8 Å². The number of thiophene rings is 1. The summed E-state index contributed by atoms with van der Waals surface area (Å²) < 4.78 is 19.6. The van der Waals surface area contributed by atoms with Crippen molar-refractivity contribution in [3.8, 4) is 5.75 Å². The molecule has 2 aromatic carbocycles. The topological polar surface area (TPSA) is 67.4 Å². The molecule has 1 aliphatic rings. The molecule has 2 N–H and O–H groups in total. The number of ether oxygens (including phenoxy) is 1. The van der Waals surface area contributed by atoms with Crippen LogP contribution in [0.2, 0.25) is 0 Å². The minimum atomic E-state index is -0.597. The maximum atomic E-state index is 14.1. The Balaban J connectivity index is 1.63. The number of fused-ring (bicyclic) bond motifs is 1. The molecule has 0 spiro atoms. The smallest absolute Gasteiger partial charge is 0.259 e. The summed E-state index contributed by atoms with van der Waals surface area (Å²) in [4.78, 5) is 27.1. The van der Waals surface area contributed by atoms with E-state index in [1.807, 2.05) is 6.92 Å². The predicted octanol–water partition coefficient (Wildman–Crippen LogP) is 5.92. The van der Waals surface area contributed by atoms with E-state index >= 15 is 0 Å². The predicted molar refractivity (Wildman–Crippen MR) is 125 cm³/mol. The van der Waals surface area contributed by atoms with E-state index in [0.717, 1.165) is 35.5 Å². The maximum absolute atomic E-state index is 14.1. The molecule has 166 valence electrons. The van der Waals surface area contributed by atoms with Crippen molar-refractivity contribution in [2.45, 2.75) is 33.1 Å². The Morgan fingerprint density at radius 2 is 1.84 bits per heavy atom. The Hall–Kier alpha value is -3.19. The van der Waals surface area contributed by atoms with Crippen molar-refractivity contribution in [1.82, 2.24) is 0 Å². The summed E-state index contributed by atoms with van der Waals surface area (Å²) in [5, 5.41) is 6.18. The Morgan fingerprint density at radius 3 is 2.56 bits per heavy atom. The van der Waals surface area contributed by atoms with E-state index < -0.39 is 11.7 Å². The fourth-order valence-electron chi connectivity index (χ4n) is 3.89. The average Bonchev–Trinajstić information content (AvgIpc) is 3.12. The van der Waals surface area contributed by atoms with Crippen molar-refractivity contribution >= 4 is 33.8 Å². The minimum Gasteiger partial charge on any atom is -0.494 e. The summed E-state index contributed by atoms with van der Waals surface area (Å²) in [6, 6.07) is 13.0. The molecule has 7 heteroatoms. The van der Waals surface area contributed by atoms with Crippen molar-refractivity contribution in [1.29, 1.82) is 0 Å². The van der Waals surface area contributed by atoms with Gasteiger partial charge in [-0.1, -0.05) is 19.1 Å². The molecule has 0 saturated carbocycles. The Bertz CT molecular complexity index is 1140. The van der Waals surface area contributed by atoms with Crippen molar-refractivity contribution in [2.75, 3.05) is 17.2 Å². The largest absolute Gasteiger partial charge is 0.494 e. The normalized spacial score (nSPS) is 15.0. The number of amides is 2. The number of halogens is 1. The van der Waals surface area contributed by atoms with Crippen molar-refractivity contribution in [2.24, 2.45) is 5.92 Å². The van der Waals surface area contributed by atoms with Crippen LogP contribution in [0.1, 0.15) is 51.4 Å². The van der Waals surface area contributed by atoms with Gasteiger partial charge in [-0.2, -0.15) is 0 Å². The van der Waals surface area contributed by atoms with Crippen LogP contribution in [0.3, 0.4) is 0 Å². The van der Waals surface area contributed by atoms with Gasteiger partial charge in [-0.15, -0.1) is 11.3 Å². The fourth-order valence-corrected chi connectivity index (χ4v) is 5.29. The molecule has 0 aliphatic heterocycles. The highest BCUT2D eigenvalue weighted by Crippen LogP contribution is 2.40. The molecule has 2 amide bonds. The summed E-state index contributed by atoms with van der Waals surface area (Å²) in [6.45, 7) is 4.66. The van der Waals surface area contributed by atoms with Crippen LogP contribution in [-0.4, -0.2) is 18.4 Å². The second-order valence-corrected chi connectivity index (χ2v) is 9.01. The zero-order valence-electron chi connectivity index (χ0n) is 18.0. The van der Waals surface area contributed by atoms with Gasteiger partial charge in [0.05, 0.1) is 17.7 Å². The number of carbonyl (C=O) groups is 2. The van der Waals surface area contributed by atoms with E-state index in [9.17, 15) is 14.0 Å². The molecule has 1 aromatic heterocycles. The Labute approximate surface area is 190 Å². The van der Waals surface area contributed by atoms with Crippen LogP contribution in [0.4, 0.5) is 15.1 Å². The average molecular weight is 453 g/mol. The van der Waals surface area contributed by atoms with Crippen LogP contribution in [0.25, 0.3) is 0 Å². The Morgan fingerprint density at radius 1 is 1.09 bits per heavy atom. The second kappa shape index (κ2) is 9.53. The molecule has 0 bridgehead atoms. The molecule has 0 saturated heterocycles. The molecule has 1 heterocycles. The summed E-state index contributed by atoms with van der Waals surface area (Å²) >= 11 is 1.41. The number of hydrogen-bond acceptors (Lipinski definition) is 4. The lowest BCUT2D eigenvalue weighted by Gasteiger charge is -2.18. The SMILES string of the molecule is CCOc1ccc(NC(=O)c2c(NC(=O)c3ccccc3F)sc3c2CC[C@@H](C)C3)cc1. The summed E-state index contributed by atoms with van der Waals surface area (Å²) in [6.07, 6.45) is 2.61. The van der Waals surface area contributed by atoms with Crippen molar-refractivity contribution in [3.05, 3.63) is 75.9 Å². The van der Waals surface area contributed by atoms with Gasteiger partial charge in [0.2, 0.25) is 0 Å². The van der Waals surface area contributed by atoms with Crippen LogP contribution >= 0.6 is 11.3 Å². The number of rotatable bonds is 6. The van der Waals surface area contributed by atoms with Crippen LogP contribution in [0.15, 0.2) is 48.5 Å². The highest BCUT2D eigenvalue weighted by atomic mass is 32.1. The first-order chi connectivity index (χ1) is 15.5. The van der Waals surface area contributed by atoms with E-state index in [1.165, 1.54) is 29.5 Å². The van der Waals surface area contributed by atoms with E-state index in [4.69, 9.17) is 4.74 Å². The van der Waals surface area contributed by atoms with Gasteiger partial charge in [0.25, 0.3) is 11.8 Å². The number of benzene rings is 2. The summed E-state index contributed by atoms with van der Waals surface area (Å²) in [5.41, 5.74) is 2.02. The minimum absolute atomic E-state index is 0.0508. The third-order valence-corrected chi connectivity index (χ3v) is 6.68. The lowest BCUT2D eigenvalue weighted by Crippen LogP contribution is -2.19. The number of nitrogens with one attached hydrogen (secondary N) is 2. The van der Waals surface area contributed by atoms with Crippen molar-refractivity contribution in [3.63, 3.8) is 0 Å². The molecule has 0 radical (unpaired) electrons. The van der Waals surface area contributed by atoms with E-state index in [-0.39, 0.29) is 11.5 Å². The van der Waals surface area contributed by atoms with E-state index in [2.05, 4.69) is 17.6 Å². The maximum Gasteiger partial charge on any atom is 0.259 e. The van der Waals surface area contributed by atoms with Gasteiger partial charge >= 0.3 is 0 Å². The molecule has 0 fully saturated rings. The lowest BCUT2D eigenvalue weighted by molar-refractivity contribution is 0.102. The first-order valence-electron chi connectivity index (χ1n) is 10.7. The van der Waals surface area contributed by atoms with Gasteiger partial charge in [-0.25, -0.2) is 4.39 Å². The summed E-state index contributed by atoms with van der Waals surface area (Å²) in [7, 11) is 0. The fraction of sp³-hybridized carbons (Fsp3) is 0.280. The molecule has 5 nitrogen and oxygen atoms in total. The molecule has 0 unspecified atom stereocenters. The zero-order chi connectivity index (χ0) is 22.7. The van der Waals surface area contributed by atoms with Crippen molar-refractivity contribution < 1.29 is 18.7 Å². The second-order valence-electron chi connectivity index (χ2n) is 7.90. The molecular weight excluding hydrogens is 427 g/mol. The lowest BCUT2D eigenvalue weighted by atomic mass is 9.88. The number of hydrogen-bond donors (Lipinski definition) is 2. The molecule has 3 aromatic rings. The molecule has 1 atom stereocenters. The molecule has 4 rings (SSSR count).